The van der Waals surface area contributed by atoms with E-state index in [0.717, 1.165) is 54.4 Å². The minimum atomic E-state index is -0.0758. The van der Waals surface area contributed by atoms with Gasteiger partial charge in [-0.3, -0.25) is 4.90 Å². The molecule has 2 aromatic carbocycles. The number of nitrogens with zero attached hydrogens (tertiary/aromatic N) is 5. The van der Waals surface area contributed by atoms with Gasteiger partial charge in [-0.1, -0.05) is 41.9 Å². The van der Waals surface area contributed by atoms with Crippen LogP contribution in [0.15, 0.2) is 72.9 Å². The predicted molar refractivity (Wildman–Crippen MR) is 131 cm³/mol. The van der Waals surface area contributed by atoms with Crippen LogP contribution in [0.3, 0.4) is 0 Å². The maximum absolute atomic E-state index is 12.6. The summed E-state index contributed by atoms with van der Waals surface area (Å²) in [6.45, 7) is 4.69. The number of urea groups is 1. The number of carbonyl (C=O) groups is 1. The molecule has 7 nitrogen and oxygen atoms in total. The average Bonchev–Trinajstić information content (AvgIpc) is 3.23. The molecule has 3 heterocycles. The Morgan fingerprint density at radius 3 is 2.42 bits per heavy atom. The maximum Gasteiger partial charge on any atom is 0.321 e. The number of amides is 2. The van der Waals surface area contributed by atoms with Gasteiger partial charge in [-0.25, -0.2) is 14.8 Å². The van der Waals surface area contributed by atoms with E-state index in [1.165, 1.54) is 0 Å². The summed E-state index contributed by atoms with van der Waals surface area (Å²) in [5.74, 6) is 0.935. The zero-order valence-electron chi connectivity index (χ0n) is 18.2. The third-order valence-corrected chi connectivity index (χ3v) is 6.18. The fraction of sp³-hybridized carbons (Fsp3) is 0.240. The molecule has 0 bridgehead atoms. The summed E-state index contributed by atoms with van der Waals surface area (Å²) in [7, 11) is 0. The molecule has 0 radical (unpaired) electrons. The van der Waals surface area contributed by atoms with Gasteiger partial charge in [0.25, 0.3) is 0 Å². The lowest BCUT2D eigenvalue weighted by atomic mass is 10.2. The van der Waals surface area contributed by atoms with Gasteiger partial charge in [-0.2, -0.15) is 0 Å². The summed E-state index contributed by atoms with van der Waals surface area (Å²) < 4.78 is 2.20. The van der Waals surface area contributed by atoms with E-state index >= 15 is 0 Å². The third kappa shape index (κ3) is 4.84. The van der Waals surface area contributed by atoms with E-state index < -0.39 is 0 Å². The fourth-order valence-corrected chi connectivity index (χ4v) is 4.26. The Balaban J connectivity index is 1.22. The van der Waals surface area contributed by atoms with Crippen molar-refractivity contribution >= 4 is 34.5 Å². The van der Waals surface area contributed by atoms with E-state index in [1.54, 1.807) is 12.1 Å². The van der Waals surface area contributed by atoms with Crippen LogP contribution in [0.5, 0.6) is 0 Å². The van der Waals surface area contributed by atoms with Gasteiger partial charge in [0.15, 0.2) is 5.65 Å². The molecule has 1 N–H and O–H groups in total. The topological polar surface area (TPSA) is 66.3 Å². The number of rotatable bonds is 5. The van der Waals surface area contributed by atoms with E-state index in [-0.39, 0.29) is 6.03 Å². The van der Waals surface area contributed by atoms with Crippen molar-refractivity contribution in [3.63, 3.8) is 0 Å². The molecule has 1 aliphatic heterocycles. The monoisotopic (exact) mass is 460 g/mol. The Morgan fingerprint density at radius 1 is 0.909 bits per heavy atom. The fourth-order valence-electron chi connectivity index (χ4n) is 4.13. The highest BCUT2D eigenvalue weighted by molar-refractivity contribution is 6.30. The highest BCUT2D eigenvalue weighted by Gasteiger charge is 2.22. The van der Waals surface area contributed by atoms with Crippen molar-refractivity contribution in [1.29, 1.82) is 0 Å². The number of fused-ring (bicyclic) bond motifs is 1. The first-order chi connectivity index (χ1) is 16.2. The molecular formula is C25H25ClN6O. The van der Waals surface area contributed by atoms with Crippen molar-refractivity contribution in [3.8, 4) is 11.4 Å². The van der Waals surface area contributed by atoms with Crippen LogP contribution in [-0.2, 0) is 6.54 Å². The molecule has 168 valence electrons. The molecule has 1 saturated heterocycles. The van der Waals surface area contributed by atoms with E-state index in [4.69, 9.17) is 16.6 Å². The number of halogens is 1. The molecule has 0 unspecified atom stereocenters. The van der Waals surface area contributed by atoms with Crippen LogP contribution in [0.1, 0.15) is 0 Å². The van der Waals surface area contributed by atoms with Crippen molar-refractivity contribution in [3.05, 3.63) is 77.9 Å². The smallest absolute Gasteiger partial charge is 0.321 e. The zero-order chi connectivity index (χ0) is 22.6. The first kappa shape index (κ1) is 21.4. The number of carbonyl (C=O) groups excluding carboxylic acids is 1. The normalized spacial score (nSPS) is 14.5. The van der Waals surface area contributed by atoms with Gasteiger partial charge >= 0.3 is 6.03 Å². The number of hydrogen-bond donors (Lipinski definition) is 1. The van der Waals surface area contributed by atoms with Crippen LogP contribution in [0.2, 0.25) is 5.02 Å². The molecule has 1 fully saturated rings. The molecule has 0 atom stereocenters. The molecule has 2 aromatic heterocycles. The minimum absolute atomic E-state index is 0.0758. The number of piperazine rings is 1. The molecule has 0 saturated carbocycles. The number of aromatic nitrogens is 3. The quantitative estimate of drug-likeness (QED) is 0.472. The van der Waals surface area contributed by atoms with Crippen LogP contribution in [0.25, 0.3) is 22.6 Å². The highest BCUT2D eigenvalue weighted by Crippen LogP contribution is 2.23. The van der Waals surface area contributed by atoms with Crippen molar-refractivity contribution in [2.75, 3.05) is 38.0 Å². The van der Waals surface area contributed by atoms with E-state index in [2.05, 4.69) is 31.9 Å². The lowest BCUT2D eigenvalue weighted by Gasteiger charge is -2.34. The first-order valence-electron chi connectivity index (χ1n) is 11.1. The second-order valence-corrected chi connectivity index (χ2v) is 8.50. The molecule has 33 heavy (non-hydrogen) atoms. The summed E-state index contributed by atoms with van der Waals surface area (Å²) in [4.78, 5) is 26.3. The number of anilines is 1. The Kier molecular flexibility index (Phi) is 6.24. The molecule has 4 aromatic rings. The summed E-state index contributed by atoms with van der Waals surface area (Å²) >= 11 is 5.92. The first-order valence-corrected chi connectivity index (χ1v) is 11.5. The standard InChI is InChI=1S/C25H25ClN6O/c26-20-8-10-21(11-9-20)28-25(33)31-16-13-30(14-17-31)15-18-32-23(19-5-2-1-3-6-19)29-22-7-4-12-27-24(22)32/h1-12H,13-18H2,(H,28,33). The second kappa shape index (κ2) is 9.60. The average molecular weight is 461 g/mol. The molecule has 2 amide bonds. The van der Waals surface area contributed by atoms with E-state index in [9.17, 15) is 4.79 Å². The minimum Gasteiger partial charge on any atom is -0.322 e. The van der Waals surface area contributed by atoms with Crippen molar-refractivity contribution in [2.45, 2.75) is 6.54 Å². The number of hydrogen-bond acceptors (Lipinski definition) is 4. The molecule has 5 rings (SSSR count). The lowest BCUT2D eigenvalue weighted by Crippen LogP contribution is -2.50. The second-order valence-electron chi connectivity index (χ2n) is 8.06. The SMILES string of the molecule is O=C(Nc1ccc(Cl)cc1)N1CCN(CCn2c(-c3ccccc3)nc3cccnc32)CC1. The summed E-state index contributed by atoms with van der Waals surface area (Å²) in [5.41, 5.74) is 3.64. The molecule has 0 aliphatic carbocycles. The zero-order valence-corrected chi connectivity index (χ0v) is 18.9. The van der Waals surface area contributed by atoms with Gasteiger partial charge in [0.05, 0.1) is 0 Å². The van der Waals surface area contributed by atoms with Crippen LogP contribution >= 0.6 is 11.6 Å². The third-order valence-electron chi connectivity index (χ3n) is 5.93. The van der Waals surface area contributed by atoms with Gasteiger partial charge in [-0.15, -0.1) is 0 Å². The predicted octanol–water partition coefficient (Wildman–Crippen LogP) is 4.60. The van der Waals surface area contributed by atoms with E-state index in [1.807, 2.05) is 53.6 Å². The summed E-state index contributed by atoms with van der Waals surface area (Å²) in [6.07, 6.45) is 1.81. The van der Waals surface area contributed by atoms with Crippen molar-refractivity contribution < 1.29 is 4.79 Å². The Morgan fingerprint density at radius 2 is 1.67 bits per heavy atom. The Hall–Kier alpha value is -3.42. The maximum atomic E-state index is 12.6. The number of benzene rings is 2. The summed E-state index contributed by atoms with van der Waals surface area (Å²) in [6, 6.07) is 21.2. The van der Waals surface area contributed by atoms with Crippen LogP contribution in [0.4, 0.5) is 10.5 Å². The Labute approximate surface area is 197 Å². The van der Waals surface area contributed by atoms with Gasteiger partial charge in [0.2, 0.25) is 0 Å². The Bertz CT molecular complexity index is 1230. The number of nitrogens with one attached hydrogen (secondary N) is 1. The van der Waals surface area contributed by atoms with Crippen LogP contribution < -0.4 is 5.32 Å². The lowest BCUT2D eigenvalue weighted by molar-refractivity contribution is 0.145. The van der Waals surface area contributed by atoms with Crippen LogP contribution in [0, 0.1) is 0 Å². The van der Waals surface area contributed by atoms with Crippen molar-refractivity contribution in [2.24, 2.45) is 0 Å². The molecular weight excluding hydrogens is 436 g/mol. The van der Waals surface area contributed by atoms with Gasteiger partial charge in [0.1, 0.15) is 11.3 Å². The summed E-state index contributed by atoms with van der Waals surface area (Å²) in [5, 5.41) is 3.59. The van der Waals surface area contributed by atoms with Crippen molar-refractivity contribution in [1.82, 2.24) is 24.3 Å². The highest BCUT2D eigenvalue weighted by atomic mass is 35.5. The van der Waals surface area contributed by atoms with Gasteiger partial charge in [0, 0.05) is 61.7 Å². The molecule has 8 heteroatoms. The largest absolute Gasteiger partial charge is 0.322 e. The van der Waals surface area contributed by atoms with Crippen LogP contribution in [-0.4, -0.2) is 63.1 Å². The number of imidazole rings is 1. The molecule has 0 spiro atoms. The van der Waals surface area contributed by atoms with E-state index in [0.29, 0.717) is 18.1 Å². The van der Waals surface area contributed by atoms with Gasteiger partial charge in [-0.05, 0) is 36.4 Å². The molecule has 1 aliphatic rings. The van der Waals surface area contributed by atoms with Gasteiger partial charge < -0.3 is 14.8 Å². The number of pyridine rings is 1.